The summed E-state index contributed by atoms with van der Waals surface area (Å²) in [7, 11) is 3.13. The first-order chi connectivity index (χ1) is 15.9. The molecule has 0 aliphatic carbocycles. The Hall–Kier alpha value is -3.88. The largest absolute Gasteiger partial charge is 0.497 e. The molecule has 0 saturated carbocycles. The Morgan fingerprint density at radius 3 is 2.24 bits per heavy atom. The number of nitro benzene ring substituents is 1. The lowest BCUT2D eigenvalue weighted by Gasteiger charge is -2.21. The molecular formula is C24H28N4O5. The molecule has 0 fully saturated rings. The van der Waals surface area contributed by atoms with Crippen molar-refractivity contribution in [2.45, 2.75) is 26.7 Å². The summed E-state index contributed by atoms with van der Waals surface area (Å²) in [6, 6.07) is 13.1. The van der Waals surface area contributed by atoms with Crippen LogP contribution in [0, 0.1) is 10.1 Å². The highest BCUT2D eigenvalue weighted by atomic mass is 16.6. The summed E-state index contributed by atoms with van der Waals surface area (Å²) in [5.74, 6) is 1.04. The first kappa shape index (κ1) is 23.8. The van der Waals surface area contributed by atoms with Crippen molar-refractivity contribution in [1.82, 2.24) is 14.7 Å². The van der Waals surface area contributed by atoms with Gasteiger partial charge in [-0.2, -0.15) is 5.10 Å². The minimum atomic E-state index is -0.461. The monoisotopic (exact) mass is 452 g/mol. The molecule has 2 aromatic carbocycles. The third-order valence-corrected chi connectivity index (χ3v) is 5.19. The first-order valence-electron chi connectivity index (χ1n) is 10.8. The van der Waals surface area contributed by atoms with Crippen molar-refractivity contribution in [2.75, 3.05) is 27.3 Å². The number of rotatable bonds is 10. The maximum absolute atomic E-state index is 13.5. The fraction of sp³-hybridized carbons (Fsp3) is 0.333. The molecule has 0 spiro atoms. The molecule has 174 valence electrons. The highest BCUT2D eigenvalue weighted by molar-refractivity contribution is 5.94. The van der Waals surface area contributed by atoms with Crippen LogP contribution in [0.25, 0.3) is 16.9 Å². The van der Waals surface area contributed by atoms with Gasteiger partial charge in [0.1, 0.15) is 17.2 Å². The number of methoxy groups -OCH3 is 2. The molecule has 9 heteroatoms. The zero-order valence-electron chi connectivity index (χ0n) is 19.3. The Bertz CT molecular complexity index is 1120. The van der Waals surface area contributed by atoms with E-state index in [2.05, 4.69) is 0 Å². The van der Waals surface area contributed by atoms with Crippen LogP contribution in [0.5, 0.6) is 11.5 Å². The lowest BCUT2D eigenvalue weighted by Crippen LogP contribution is -2.33. The fourth-order valence-electron chi connectivity index (χ4n) is 3.60. The molecule has 1 amide bonds. The van der Waals surface area contributed by atoms with Gasteiger partial charge in [-0.3, -0.25) is 14.9 Å². The van der Waals surface area contributed by atoms with E-state index in [1.807, 2.05) is 19.9 Å². The first-order valence-corrected chi connectivity index (χ1v) is 10.8. The van der Waals surface area contributed by atoms with Gasteiger partial charge in [0.15, 0.2) is 0 Å². The third kappa shape index (κ3) is 5.14. The van der Waals surface area contributed by atoms with Gasteiger partial charge in [-0.05, 0) is 43.2 Å². The predicted molar refractivity (Wildman–Crippen MR) is 125 cm³/mol. The lowest BCUT2D eigenvalue weighted by molar-refractivity contribution is -0.384. The van der Waals surface area contributed by atoms with E-state index in [-0.39, 0.29) is 11.6 Å². The molecule has 0 N–H and O–H groups in total. The van der Waals surface area contributed by atoms with Crippen LogP contribution in [-0.4, -0.2) is 52.8 Å². The molecule has 0 bridgehead atoms. The predicted octanol–water partition coefficient (Wildman–Crippen LogP) is 4.73. The van der Waals surface area contributed by atoms with Crippen LogP contribution in [0.3, 0.4) is 0 Å². The maximum Gasteiger partial charge on any atom is 0.272 e. The van der Waals surface area contributed by atoms with E-state index in [9.17, 15) is 14.9 Å². The Labute approximate surface area is 192 Å². The normalized spacial score (nSPS) is 10.7. The van der Waals surface area contributed by atoms with Crippen molar-refractivity contribution < 1.29 is 19.2 Å². The molecule has 3 rings (SSSR count). The number of benzene rings is 2. The zero-order chi connectivity index (χ0) is 24.0. The molecule has 3 aromatic rings. The molecule has 0 atom stereocenters. The number of carbonyl (C=O) groups is 1. The summed E-state index contributed by atoms with van der Waals surface area (Å²) in [5, 5.41) is 15.8. The van der Waals surface area contributed by atoms with Crippen LogP contribution in [0.1, 0.15) is 37.2 Å². The maximum atomic E-state index is 13.5. The molecule has 0 aliphatic rings. The van der Waals surface area contributed by atoms with E-state index >= 15 is 0 Å². The highest BCUT2D eigenvalue weighted by Crippen LogP contribution is 2.34. The van der Waals surface area contributed by atoms with E-state index in [1.54, 1.807) is 49.5 Å². The second-order valence-electron chi connectivity index (χ2n) is 7.46. The zero-order valence-corrected chi connectivity index (χ0v) is 19.3. The van der Waals surface area contributed by atoms with Crippen molar-refractivity contribution in [3.05, 3.63) is 64.3 Å². The number of hydrogen-bond donors (Lipinski definition) is 0. The van der Waals surface area contributed by atoms with E-state index in [1.165, 1.54) is 16.8 Å². The van der Waals surface area contributed by atoms with Crippen LogP contribution in [0.2, 0.25) is 0 Å². The Balaban J connectivity index is 2.15. The van der Waals surface area contributed by atoms with Crippen LogP contribution in [0.15, 0.2) is 48.5 Å². The summed E-state index contributed by atoms with van der Waals surface area (Å²) in [4.78, 5) is 25.9. The average Bonchev–Trinajstić information content (AvgIpc) is 3.28. The number of amides is 1. The summed E-state index contributed by atoms with van der Waals surface area (Å²) in [5.41, 5.74) is 2.14. The topological polar surface area (TPSA) is 99.7 Å². The molecule has 0 saturated heterocycles. The van der Waals surface area contributed by atoms with E-state index in [0.29, 0.717) is 47.2 Å². The number of ether oxygens (including phenoxy) is 2. The number of nitrogens with zero attached hydrogens (tertiary/aromatic N) is 4. The van der Waals surface area contributed by atoms with Gasteiger partial charge in [0.2, 0.25) is 0 Å². The van der Waals surface area contributed by atoms with Crippen LogP contribution >= 0.6 is 0 Å². The molecule has 1 aromatic heterocycles. The van der Waals surface area contributed by atoms with Crippen LogP contribution in [-0.2, 0) is 0 Å². The Kier molecular flexibility index (Phi) is 7.66. The van der Waals surface area contributed by atoms with Gasteiger partial charge >= 0.3 is 0 Å². The minimum Gasteiger partial charge on any atom is -0.497 e. The number of nitro groups is 1. The van der Waals surface area contributed by atoms with Gasteiger partial charge in [-0.1, -0.05) is 13.8 Å². The van der Waals surface area contributed by atoms with Crippen molar-refractivity contribution in [3.63, 3.8) is 0 Å². The summed E-state index contributed by atoms with van der Waals surface area (Å²) < 4.78 is 12.3. The smallest absolute Gasteiger partial charge is 0.272 e. The van der Waals surface area contributed by atoms with Gasteiger partial charge in [-0.25, -0.2) is 4.68 Å². The molecule has 1 heterocycles. The second kappa shape index (κ2) is 10.6. The standard InChI is InChI=1S/C24H28N4O5/c1-5-13-26(14-6-2)24(29)22-16-21(20-12-11-19(32-3)15-23(20)33-4)25-27(22)17-7-9-18(10-8-17)28(30)31/h7-12,15-16H,5-6,13-14H2,1-4H3. The number of carbonyl (C=O) groups excluding carboxylic acids is 1. The Morgan fingerprint density at radius 2 is 1.70 bits per heavy atom. The van der Waals surface area contributed by atoms with Gasteiger partial charge in [0.25, 0.3) is 11.6 Å². The molecule has 33 heavy (non-hydrogen) atoms. The lowest BCUT2D eigenvalue weighted by atomic mass is 10.1. The molecular weight excluding hydrogens is 424 g/mol. The van der Waals surface area contributed by atoms with Crippen molar-refractivity contribution in [2.24, 2.45) is 0 Å². The number of non-ortho nitro benzene ring substituents is 1. The van der Waals surface area contributed by atoms with Gasteiger partial charge in [-0.15, -0.1) is 0 Å². The van der Waals surface area contributed by atoms with Crippen LogP contribution in [0.4, 0.5) is 5.69 Å². The molecule has 0 radical (unpaired) electrons. The summed E-state index contributed by atoms with van der Waals surface area (Å²) in [6.45, 7) is 5.30. The van der Waals surface area contributed by atoms with Crippen LogP contribution < -0.4 is 9.47 Å². The molecule has 0 unspecified atom stereocenters. The van der Waals surface area contributed by atoms with Gasteiger partial charge in [0, 0.05) is 36.9 Å². The van der Waals surface area contributed by atoms with Crippen molar-refractivity contribution >= 4 is 11.6 Å². The number of hydrogen-bond acceptors (Lipinski definition) is 6. The Morgan fingerprint density at radius 1 is 1.03 bits per heavy atom. The average molecular weight is 453 g/mol. The molecule has 9 nitrogen and oxygen atoms in total. The number of aromatic nitrogens is 2. The fourth-order valence-corrected chi connectivity index (χ4v) is 3.60. The van der Waals surface area contributed by atoms with E-state index in [0.717, 1.165) is 12.8 Å². The summed E-state index contributed by atoms with van der Waals surface area (Å²) in [6.07, 6.45) is 1.66. The third-order valence-electron chi connectivity index (χ3n) is 5.19. The van der Waals surface area contributed by atoms with Gasteiger partial charge in [0.05, 0.1) is 30.5 Å². The van der Waals surface area contributed by atoms with Crippen molar-refractivity contribution in [1.29, 1.82) is 0 Å². The SMILES string of the molecule is CCCN(CCC)C(=O)c1cc(-c2ccc(OC)cc2OC)nn1-c1ccc([N+](=O)[O-])cc1. The minimum absolute atomic E-state index is 0.0329. The van der Waals surface area contributed by atoms with Gasteiger partial charge < -0.3 is 14.4 Å². The van der Waals surface area contributed by atoms with E-state index < -0.39 is 4.92 Å². The quantitative estimate of drug-likeness (QED) is 0.326. The van der Waals surface area contributed by atoms with Crippen molar-refractivity contribution in [3.8, 4) is 28.4 Å². The molecule has 0 aliphatic heterocycles. The van der Waals surface area contributed by atoms with E-state index in [4.69, 9.17) is 14.6 Å². The summed E-state index contributed by atoms with van der Waals surface area (Å²) >= 11 is 0. The second-order valence-corrected chi connectivity index (χ2v) is 7.46. The highest BCUT2D eigenvalue weighted by Gasteiger charge is 2.23.